The lowest BCUT2D eigenvalue weighted by Gasteiger charge is -2.32. The quantitative estimate of drug-likeness (QED) is 0.377. The number of aromatic hydroxyl groups is 1. The van der Waals surface area contributed by atoms with Crippen LogP contribution in [0.15, 0.2) is 36.5 Å². The molecule has 4 rings (SSSR count). The zero-order chi connectivity index (χ0) is 23.7. The van der Waals surface area contributed by atoms with Crippen molar-refractivity contribution in [2.45, 2.75) is 46.1 Å². The molecule has 5 nitrogen and oxygen atoms in total. The Labute approximate surface area is 206 Å². The second kappa shape index (κ2) is 10.7. The minimum Gasteiger partial charge on any atom is -0.504 e. The lowest BCUT2D eigenvalue weighted by molar-refractivity contribution is 0.101. The molecule has 0 spiro atoms. The molecule has 1 aliphatic rings. The van der Waals surface area contributed by atoms with Gasteiger partial charge in [0, 0.05) is 24.2 Å². The van der Waals surface area contributed by atoms with Gasteiger partial charge in [-0.2, -0.15) is 0 Å². The number of anilines is 1. The molecular formula is C27H33ClFN3O2. The second-order valence-corrected chi connectivity index (χ2v) is 9.65. The normalized spacial score (nSPS) is 18.1. The van der Waals surface area contributed by atoms with Crippen molar-refractivity contribution in [2.24, 2.45) is 5.92 Å². The highest BCUT2D eigenvalue weighted by atomic mass is 35.5. The van der Waals surface area contributed by atoms with Crippen molar-refractivity contribution in [1.82, 2.24) is 9.88 Å². The Balaban J connectivity index is 0.00000324. The van der Waals surface area contributed by atoms with E-state index in [4.69, 9.17) is 11.6 Å². The highest BCUT2D eigenvalue weighted by Gasteiger charge is 2.24. The molecule has 2 N–H and O–H groups in total. The van der Waals surface area contributed by atoms with E-state index in [1.165, 1.54) is 12.1 Å². The molecule has 1 aliphatic carbocycles. The molecule has 34 heavy (non-hydrogen) atoms. The molecule has 1 heterocycles. The third kappa shape index (κ3) is 5.50. The van der Waals surface area contributed by atoms with E-state index in [1.54, 1.807) is 13.1 Å². The van der Waals surface area contributed by atoms with E-state index < -0.39 is 11.6 Å². The van der Waals surface area contributed by atoms with E-state index in [0.717, 1.165) is 54.4 Å². The van der Waals surface area contributed by atoms with Crippen LogP contribution in [0, 0.1) is 11.7 Å². The minimum atomic E-state index is -0.777. The standard InChI is InChI=1S/C26H29ClFN3O2.CH4/c1-15(32)21-13-29-24-9-6-17(18-11-22(27)26(33)23(28)12-18)10-20(24)25(21)30-19-7-4-16(5-8-19)14-31(2)3;/h6,9-13,16,19,33H,4-5,7-8,14H2,1-3H3,(H,29,30);1H4. The van der Waals surface area contributed by atoms with Gasteiger partial charge in [-0.3, -0.25) is 9.78 Å². The third-order valence-electron chi connectivity index (χ3n) is 6.42. The SMILES string of the molecule is C.CC(=O)c1cnc2ccc(-c3cc(F)c(O)c(Cl)c3)cc2c1NC1CCC(CN(C)C)CC1. The number of rotatable bonds is 6. The van der Waals surface area contributed by atoms with Gasteiger partial charge in [0.15, 0.2) is 17.3 Å². The smallest absolute Gasteiger partial charge is 0.170 e. The molecule has 2 aromatic carbocycles. The van der Waals surface area contributed by atoms with E-state index in [9.17, 15) is 14.3 Å². The zero-order valence-corrected chi connectivity index (χ0v) is 19.9. The Morgan fingerprint density at radius 2 is 1.88 bits per heavy atom. The highest BCUT2D eigenvalue weighted by Crippen LogP contribution is 2.36. The maximum absolute atomic E-state index is 14.1. The summed E-state index contributed by atoms with van der Waals surface area (Å²) in [5.41, 5.74) is 3.34. The van der Waals surface area contributed by atoms with E-state index in [1.807, 2.05) is 18.2 Å². The number of hydrogen-bond donors (Lipinski definition) is 2. The second-order valence-electron chi connectivity index (χ2n) is 9.25. The average molecular weight is 486 g/mol. The number of phenols is 1. The molecule has 0 saturated heterocycles. The Morgan fingerprint density at radius 3 is 2.50 bits per heavy atom. The number of nitrogens with zero attached hydrogens (tertiary/aromatic N) is 2. The van der Waals surface area contributed by atoms with Crippen LogP contribution in [0.4, 0.5) is 10.1 Å². The van der Waals surface area contributed by atoms with Gasteiger partial charge in [-0.1, -0.05) is 25.1 Å². The van der Waals surface area contributed by atoms with E-state index in [-0.39, 0.29) is 24.3 Å². The monoisotopic (exact) mass is 485 g/mol. The van der Waals surface area contributed by atoms with Gasteiger partial charge >= 0.3 is 0 Å². The number of fused-ring (bicyclic) bond motifs is 1. The fraction of sp³-hybridized carbons (Fsp3) is 0.407. The van der Waals surface area contributed by atoms with Gasteiger partial charge in [0.2, 0.25) is 0 Å². The number of aromatic nitrogens is 1. The van der Waals surface area contributed by atoms with Gasteiger partial charge in [-0.15, -0.1) is 0 Å². The van der Waals surface area contributed by atoms with Crippen molar-refractivity contribution in [3.8, 4) is 16.9 Å². The number of nitrogens with one attached hydrogen (secondary N) is 1. The molecule has 0 amide bonds. The number of benzene rings is 2. The summed E-state index contributed by atoms with van der Waals surface area (Å²) in [6.45, 7) is 2.64. The molecule has 1 saturated carbocycles. The first-order chi connectivity index (χ1) is 15.7. The molecule has 0 radical (unpaired) electrons. The van der Waals surface area contributed by atoms with Crippen LogP contribution in [0.3, 0.4) is 0 Å². The number of phenolic OH excluding ortho intramolecular Hbond substituents is 1. The number of pyridine rings is 1. The van der Waals surface area contributed by atoms with Gasteiger partial charge in [0.1, 0.15) is 0 Å². The molecule has 0 aliphatic heterocycles. The van der Waals surface area contributed by atoms with E-state index >= 15 is 0 Å². The Hall–Kier alpha value is -2.70. The predicted octanol–water partition coefficient (Wildman–Crippen LogP) is 6.77. The highest BCUT2D eigenvalue weighted by molar-refractivity contribution is 6.32. The number of hydrogen-bond acceptors (Lipinski definition) is 5. The fourth-order valence-corrected chi connectivity index (χ4v) is 4.94. The topological polar surface area (TPSA) is 65.5 Å². The van der Waals surface area contributed by atoms with Crippen LogP contribution >= 0.6 is 11.6 Å². The summed E-state index contributed by atoms with van der Waals surface area (Å²) >= 11 is 5.99. The van der Waals surface area contributed by atoms with Crippen molar-refractivity contribution in [3.63, 3.8) is 0 Å². The molecule has 0 atom stereocenters. The van der Waals surface area contributed by atoms with Gasteiger partial charge in [-0.05, 0) is 88.0 Å². The first kappa shape index (κ1) is 25.9. The zero-order valence-electron chi connectivity index (χ0n) is 19.2. The van der Waals surface area contributed by atoms with Crippen LogP contribution in [-0.2, 0) is 0 Å². The van der Waals surface area contributed by atoms with E-state index in [0.29, 0.717) is 17.0 Å². The van der Waals surface area contributed by atoms with Crippen molar-refractivity contribution >= 4 is 34.0 Å². The summed E-state index contributed by atoms with van der Waals surface area (Å²) in [6.07, 6.45) is 5.99. The molecule has 0 bridgehead atoms. The molecule has 0 unspecified atom stereocenters. The largest absolute Gasteiger partial charge is 0.504 e. The van der Waals surface area contributed by atoms with Gasteiger partial charge in [0.25, 0.3) is 0 Å². The fourth-order valence-electron chi connectivity index (χ4n) is 4.74. The van der Waals surface area contributed by atoms with Crippen molar-refractivity contribution in [1.29, 1.82) is 0 Å². The summed E-state index contributed by atoms with van der Waals surface area (Å²) in [7, 11) is 4.22. The number of halogens is 2. The molecule has 3 aromatic rings. The maximum Gasteiger partial charge on any atom is 0.170 e. The average Bonchev–Trinajstić information content (AvgIpc) is 2.77. The van der Waals surface area contributed by atoms with Crippen LogP contribution in [0.2, 0.25) is 5.02 Å². The Bertz CT molecular complexity index is 1170. The predicted molar refractivity (Wildman–Crippen MR) is 138 cm³/mol. The summed E-state index contributed by atoms with van der Waals surface area (Å²) in [5.74, 6) is -0.701. The van der Waals surface area contributed by atoms with Crippen molar-refractivity contribution in [2.75, 3.05) is 26.0 Å². The first-order valence-electron chi connectivity index (χ1n) is 11.3. The Kier molecular flexibility index (Phi) is 8.16. The number of Topliss-reactive ketones (excluding diaryl/α,β-unsaturated/α-hetero) is 1. The van der Waals surface area contributed by atoms with Gasteiger partial charge in [0.05, 0.1) is 21.8 Å². The summed E-state index contributed by atoms with van der Waals surface area (Å²) in [5, 5.41) is 14.1. The van der Waals surface area contributed by atoms with Crippen molar-refractivity contribution < 1.29 is 14.3 Å². The van der Waals surface area contributed by atoms with Gasteiger partial charge in [-0.25, -0.2) is 4.39 Å². The first-order valence-corrected chi connectivity index (χ1v) is 11.6. The van der Waals surface area contributed by atoms with Crippen LogP contribution in [-0.4, -0.2) is 47.5 Å². The number of carbonyl (C=O) groups excluding carboxylic acids is 1. The van der Waals surface area contributed by atoms with E-state index in [2.05, 4.69) is 29.3 Å². The lowest BCUT2D eigenvalue weighted by Crippen LogP contribution is -2.31. The molecule has 1 aromatic heterocycles. The van der Waals surface area contributed by atoms with Crippen LogP contribution in [0.1, 0.15) is 50.4 Å². The molecular weight excluding hydrogens is 453 g/mol. The van der Waals surface area contributed by atoms with Gasteiger partial charge < -0.3 is 15.3 Å². The third-order valence-corrected chi connectivity index (χ3v) is 6.70. The Morgan fingerprint density at radius 1 is 1.18 bits per heavy atom. The van der Waals surface area contributed by atoms with Crippen LogP contribution in [0.25, 0.3) is 22.0 Å². The number of carbonyl (C=O) groups is 1. The molecule has 182 valence electrons. The summed E-state index contributed by atoms with van der Waals surface area (Å²) in [6, 6.07) is 8.65. The maximum atomic E-state index is 14.1. The van der Waals surface area contributed by atoms with Crippen molar-refractivity contribution in [3.05, 3.63) is 52.9 Å². The molecule has 7 heteroatoms. The lowest BCUT2D eigenvalue weighted by atomic mass is 9.85. The van der Waals surface area contributed by atoms with Crippen LogP contribution < -0.4 is 5.32 Å². The number of ketones is 1. The minimum absolute atomic E-state index is 0. The molecule has 1 fully saturated rings. The summed E-state index contributed by atoms with van der Waals surface area (Å²) < 4.78 is 14.1. The van der Waals surface area contributed by atoms with Crippen LogP contribution in [0.5, 0.6) is 5.75 Å². The summed E-state index contributed by atoms with van der Waals surface area (Å²) in [4.78, 5) is 19.1.